The molecule has 0 aliphatic heterocycles. The van der Waals surface area contributed by atoms with Gasteiger partial charge in [-0.05, 0) is 50.2 Å². The highest BCUT2D eigenvalue weighted by atomic mass is 35.5. The lowest BCUT2D eigenvalue weighted by atomic mass is 10.2. The van der Waals surface area contributed by atoms with Crippen molar-refractivity contribution in [2.75, 3.05) is 19.0 Å². The molecule has 0 saturated heterocycles. The van der Waals surface area contributed by atoms with E-state index in [9.17, 15) is 9.59 Å². The number of carbonyl (C=O) groups is 2. The van der Waals surface area contributed by atoms with Gasteiger partial charge >= 0.3 is 5.97 Å². The molecule has 1 atom stereocenters. The highest BCUT2D eigenvalue weighted by Gasteiger charge is 2.21. The van der Waals surface area contributed by atoms with Crippen molar-refractivity contribution in [3.63, 3.8) is 0 Å². The van der Waals surface area contributed by atoms with Gasteiger partial charge in [0, 0.05) is 5.02 Å². The number of hydrogen-bond donors (Lipinski definition) is 1. The van der Waals surface area contributed by atoms with Crippen LogP contribution >= 0.6 is 23.2 Å². The third kappa shape index (κ3) is 5.52. The first-order chi connectivity index (χ1) is 12.8. The second kappa shape index (κ2) is 9.48. The molecule has 0 heterocycles. The van der Waals surface area contributed by atoms with Crippen molar-refractivity contribution >= 4 is 40.8 Å². The Bertz CT molecular complexity index is 841. The van der Waals surface area contributed by atoms with E-state index in [2.05, 4.69) is 5.32 Å². The molecule has 0 spiro atoms. The predicted molar refractivity (Wildman–Crippen MR) is 104 cm³/mol. The number of hydrogen-bond acceptors (Lipinski definition) is 5. The molecule has 6 nitrogen and oxygen atoms in total. The lowest BCUT2D eigenvalue weighted by Crippen LogP contribution is -2.30. The van der Waals surface area contributed by atoms with Crippen molar-refractivity contribution in [1.29, 1.82) is 0 Å². The Morgan fingerprint density at radius 3 is 2.52 bits per heavy atom. The number of halogens is 2. The van der Waals surface area contributed by atoms with Gasteiger partial charge in [-0.15, -0.1) is 0 Å². The number of rotatable bonds is 7. The fraction of sp³-hybridized carbons (Fsp3) is 0.263. The number of carbonyl (C=O) groups excluding carboxylic acids is 2. The van der Waals surface area contributed by atoms with Gasteiger partial charge in [-0.2, -0.15) is 0 Å². The quantitative estimate of drug-likeness (QED) is 0.674. The van der Waals surface area contributed by atoms with E-state index < -0.39 is 18.0 Å². The van der Waals surface area contributed by atoms with E-state index in [1.165, 1.54) is 32.2 Å². The molecule has 0 unspecified atom stereocenters. The summed E-state index contributed by atoms with van der Waals surface area (Å²) in [6.45, 7) is 3.76. The molecule has 2 aromatic carbocycles. The zero-order chi connectivity index (χ0) is 20.0. The molecule has 2 aromatic rings. The van der Waals surface area contributed by atoms with E-state index >= 15 is 0 Å². The van der Waals surface area contributed by atoms with Gasteiger partial charge < -0.3 is 19.5 Å². The standard InChI is InChI=1S/C19H19Cl2NO5/c1-4-26-16-8-5-12(9-17(16)25-3)19(24)27-11(2)18(23)22-15-10-13(20)6-7-14(15)21/h5-11H,4H2,1-3H3,(H,22,23)/t11-/m0/s1. The van der Waals surface area contributed by atoms with Crippen molar-refractivity contribution in [3.8, 4) is 11.5 Å². The second-order valence-corrected chi connectivity index (χ2v) is 6.30. The number of nitrogens with one attached hydrogen (secondary N) is 1. The molecular formula is C19H19Cl2NO5. The fourth-order valence-corrected chi connectivity index (χ4v) is 2.52. The van der Waals surface area contributed by atoms with Crippen LogP contribution in [0.15, 0.2) is 36.4 Å². The second-order valence-electron chi connectivity index (χ2n) is 5.46. The number of benzene rings is 2. The lowest BCUT2D eigenvalue weighted by Gasteiger charge is -2.15. The minimum Gasteiger partial charge on any atom is -0.493 e. The first kappa shape index (κ1) is 20.9. The molecule has 0 aromatic heterocycles. The van der Waals surface area contributed by atoms with Gasteiger partial charge in [0.15, 0.2) is 17.6 Å². The van der Waals surface area contributed by atoms with Crippen LogP contribution in [0.4, 0.5) is 5.69 Å². The SMILES string of the molecule is CCOc1ccc(C(=O)O[C@@H](C)C(=O)Nc2cc(Cl)ccc2Cl)cc1OC. The predicted octanol–water partition coefficient (Wildman–Crippen LogP) is 4.58. The van der Waals surface area contributed by atoms with Gasteiger partial charge in [-0.25, -0.2) is 4.79 Å². The lowest BCUT2D eigenvalue weighted by molar-refractivity contribution is -0.123. The summed E-state index contributed by atoms with van der Waals surface area (Å²) in [5, 5.41) is 3.32. The van der Waals surface area contributed by atoms with E-state index in [1.807, 2.05) is 6.92 Å². The molecule has 27 heavy (non-hydrogen) atoms. The molecule has 0 fully saturated rings. The highest BCUT2D eigenvalue weighted by Crippen LogP contribution is 2.29. The summed E-state index contributed by atoms with van der Waals surface area (Å²) in [5.74, 6) is -0.298. The molecule has 0 aliphatic rings. The normalized spacial score (nSPS) is 11.4. The molecule has 0 aliphatic carbocycles. The van der Waals surface area contributed by atoms with Crippen molar-refractivity contribution in [3.05, 3.63) is 52.0 Å². The Morgan fingerprint density at radius 2 is 1.85 bits per heavy atom. The summed E-state index contributed by atoms with van der Waals surface area (Å²) in [7, 11) is 1.47. The Labute approximate surface area is 167 Å². The number of amides is 1. The monoisotopic (exact) mass is 411 g/mol. The summed E-state index contributed by atoms with van der Waals surface area (Å²) in [4.78, 5) is 24.6. The van der Waals surface area contributed by atoms with Crippen molar-refractivity contribution < 1.29 is 23.8 Å². The number of anilines is 1. The van der Waals surface area contributed by atoms with Gasteiger partial charge in [0.1, 0.15) is 0 Å². The minimum absolute atomic E-state index is 0.232. The van der Waals surface area contributed by atoms with Crippen LogP contribution in [0, 0.1) is 0 Å². The summed E-state index contributed by atoms with van der Waals surface area (Å²) >= 11 is 11.9. The summed E-state index contributed by atoms with van der Waals surface area (Å²) in [5.41, 5.74) is 0.565. The Kier molecular flexibility index (Phi) is 7.33. The average molecular weight is 412 g/mol. The van der Waals surface area contributed by atoms with Gasteiger partial charge in [0.05, 0.1) is 30.0 Å². The van der Waals surface area contributed by atoms with Crippen LogP contribution in [0.3, 0.4) is 0 Å². The number of esters is 1. The first-order valence-electron chi connectivity index (χ1n) is 8.13. The Balaban J connectivity index is 2.06. The molecule has 1 amide bonds. The van der Waals surface area contributed by atoms with Crippen LogP contribution in [0.5, 0.6) is 11.5 Å². The van der Waals surface area contributed by atoms with E-state index in [0.29, 0.717) is 33.8 Å². The van der Waals surface area contributed by atoms with Gasteiger partial charge in [-0.3, -0.25) is 4.79 Å². The number of methoxy groups -OCH3 is 1. The first-order valence-corrected chi connectivity index (χ1v) is 8.89. The van der Waals surface area contributed by atoms with E-state index in [-0.39, 0.29) is 5.56 Å². The van der Waals surface area contributed by atoms with Crippen molar-refractivity contribution in [1.82, 2.24) is 0 Å². The summed E-state index contributed by atoms with van der Waals surface area (Å²) in [6.07, 6.45) is -1.05. The van der Waals surface area contributed by atoms with Gasteiger partial charge in [-0.1, -0.05) is 23.2 Å². The Hall–Kier alpha value is -2.44. The molecule has 0 saturated carbocycles. The summed E-state index contributed by atoms with van der Waals surface area (Å²) in [6, 6.07) is 9.30. The minimum atomic E-state index is -1.05. The van der Waals surface area contributed by atoms with Crippen LogP contribution in [0.25, 0.3) is 0 Å². The van der Waals surface area contributed by atoms with E-state index in [4.69, 9.17) is 37.4 Å². The van der Waals surface area contributed by atoms with Crippen LogP contribution in [0.1, 0.15) is 24.2 Å². The van der Waals surface area contributed by atoms with Crippen LogP contribution in [-0.2, 0) is 9.53 Å². The average Bonchev–Trinajstić information content (AvgIpc) is 2.65. The smallest absolute Gasteiger partial charge is 0.339 e. The topological polar surface area (TPSA) is 73.9 Å². The van der Waals surface area contributed by atoms with Crippen LogP contribution in [-0.4, -0.2) is 31.7 Å². The number of ether oxygens (including phenoxy) is 3. The molecule has 0 bridgehead atoms. The molecular weight excluding hydrogens is 393 g/mol. The van der Waals surface area contributed by atoms with Crippen molar-refractivity contribution in [2.24, 2.45) is 0 Å². The zero-order valence-electron chi connectivity index (χ0n) is 15.0. The maximum Gasteiger partial charge on any atom is 0.339 e. The zero-order valence-corrected chi connectivity index (χ0v) is 16.6. The fourth-order valence-electron chi connectivity index (χ4n) is 2.18. The maximum atomic E-state index is 12.3. The van der Waals surface area contributed by atoms with Gasteiger partial charge in [0.2, 0.25) is 0 Å². The molecule has 144 valence electrons. The van der Waals surface area contributed by atoms with Crippen LogP contribution < -0.4 is 14.8 Å². The molecule has 1 N–H and O–H groups in total. The Morgan fingerprint density at radius 1 is 1.11 bits per heavy atom. The molecule has 8 heteroatoms. The van der Waals surface area contributed by atoms with Crippen LogP contribution in [0.2, 0.25) is 10.0 Å². The van der Waals surface area contributed by atoms with E-state index in [1.54, 1.807) is 18.2 Å². The molecule has 0 radical (unpaired) electrons. The molecule has 2 rings (SSSR count). The van der Waals surface area contributed by atoms with Gasteiger partial charge in [0.25, 0.3) is 5.91 Å². The third-order valence-corrected chi connectivity index (χ3v) is 4.10. The highest BCUT2D eigenvalue weighted by molar-refractivity contribution is 6.35. The summed E-state index contributed by atoms with van der Waals surface area (Å²) < 4.78 is 15.8. The van der Waals surface area contributed by atoms with Crippen molar-refractivity contribution in [2.45, 2.75) is 20.0 Å². The largest absolute Gasteiger partial charge is 0.493 e. The maximum absolute atomic E-state index is 12.3. The third-order valence-electron chi connectivity index (χ3n) is 3.54. The van der Waals surface area contributed by atoms with E-state index in [0.717, 1.165) is 0 Å².